The highest BCUT2D eigenvalue weighted by atomic mass is 35.5. The summed E-state index contributed by atoms with van der Waals surface area (Å²) >= 11 is 5.74. The molecule has 1 unspecified atom stereocenters. The van der Waals surface area contributed by atoms with Crippen LogP contribution in [0.4, 0.5) is 0 Å². The zero-order chi connectivity index (χ0) is 17.6. The van der Waals surface area contributed by atoms with Crippen LogP contribution in [0, 0.1) is 0 Å². The number of benzene rings is 1. The predicted molar refractivity (Wildman–Crippen MR) is 86.7 cm³/mol. The Bertz CT molecular complexity index is 656. The summed E-state index contributed by atoms with van der Waals surface area (Å²) in [6.45, 7) is 3.80. The average molecular weight is 363 g/mol. The van der Waals surface area contributed by atoms with Crippen LogP contribution in [0.15, 0.2) is 24.3 Å². The molecular formula is C14H19ClN2O5S. The van der Waals surface area contributed by atoms with Crippen LogP contribution in [-0.4, -0.2) is 48.5 Å². The van der Waals surface area contributed by atoms with Gasteiger partial charge >= 0.3 is 5.97 Å². The number of hydrogen-bond acceptors (Lipinski definition) is 4. The minimum absolute atomic E-state index is 0.242. The van der Waals surface area contributed by atoms with Gasteiger partial charge in [0, 0.05) is 18.1 Å². The van der Waals surface area contributed by atoms with Gasteiger partial charge in [-0.05, 0) is 17.7 Å². The molecule has 0 radical (unpaired) electrons. The van der Waals surface area contributed by atoms with E-state index >= 15 is 0 Å². The van der Waals surface area contributed by atoms with Crippen LogP contribution in [0.5, 0.6) is 0 Å². The molecule has 0 bridgehead atoms. The van der Waals surface area contributed by atoms with E-state index in [-0.39, 0.29) is 13.1 Å². The van der Waals surface area contributed by atoms with Crippen molar-refractivity contribution in [1.29, 1.82) is 0 Å². The van der Waals surface area contributed by atoms with E-state index in [0.29, 0.717) is 10.6 Å². The number of rotatable bonds is 8. The molecule has 2 N–H and O–H groups in total. The quantitative estimate of drug-likeness (QED) is 0.724. The molecular weight excluding hydrogens is 344 g/mol. The molecule has 1 rings (SSSR count). The lowest BCUT2D eigenvalue weighted by Crippen LogP contribution is -2.42. The van der Waals surface area contributed by atoms with E-state index in [1.165, 1.54) is 24.3 Å². The van der Waals surface area contributed by atoms with Crippen LogP contribution < -0.4 is 5.32 Å². The number of carbonyl (C=O) groups excluding carboxylic acids is 1. The van der Waals surface area contributed by atoms with Crippen molar-refractivity contribution in [2.45, 2.75) is 19.9 Å². The molecule has 0 saturated carbocycles. The molecule has 0 aliphatic heterocycles. The second-order valence-electron chi connectivity index (χ2n) is 4.73. The van der Waals surface area contributed by atoms with E-state index in [1.807, 2.05) is 0 Å². The van der Waals surface area contributed by atoms with Crippen molar-refractivity contribution in [3.63, 3.8) is 0 Å². The third kappa shape index (κ3) is 5.49. The molecule has 128 valence electrons. The van der Waals surface area contributed by atoms with Crippen molar-refractivity contribution in [3.05, 3.63) is 34.9 Å². The van der Waals surface area contributed by atoms with Crippen LogP contribution in [0.25, 0.3) is 0 Å². The van der Waals surface area contributed by atoms with Gasteiger partial charge in [-0.3, -0.25) is 4.79 Å². The summed E-state index contributed by atoms with van der Waals surface area (Å²) in [4.78, 5) is 23.3. The summed E-state index contributed by atoms with van der Waals surface area (Å²) in [5.74, 6) is -2.97. The Labute approximate surface area is 140 Å². The zero-order valence-corrected chi connectivity index (χ0v) is 14.4. The Balaban J connectivity index is 2.87. The monoisotopic (exact) mass is 362 g/mol. The van der Waals surface area contributed by atoms with E-state index in [2.05, 4.69) is 5.32 Å². The van der Waals surface area contributed by atoms with E-state index in [0.717, 1.165) is 4.31 Å². The third-order valence-electron chi connectivity index (χ3n) is 3.17. The maximum Gasteiger partial charge on any atom is 0.330 e. The first-order valence-corrected chi connectivity index (χ1v) is 8.95. The number of carboxylic acids is 1. The van der Waals surface area contributed by atoms with Gasteiger partial charge in [0.25, 0.3) is 0 Å². The lowest BCUT2D eigenvalue weighted by Gasteiger charge is -2.19. The molecule has 0 spiro atoms. The van der Waals surface area contributed by atoms with Gasteiger partial charge in [-0.15, -0.1) is 0 Å². The Morgan fingerprint density at radius 1 is 1.22 bits per heavy atom. The average Bonchev–Trinajstić information content (AvgIpc) is 2.46. The third-order valence-corrected chi connectivity index (χ3v) is 5.35. The number of nitrogens with one attached hydrogen (secondary N) is 1. The fourth-order valence-electron chi connectivity index (χ4n) is 2.02. The number of nitrogens with zero attached hydrogens (tertiary/aromatic N) is 1. The van der Waals surface area contributed by atoms with Gasteiger partial charge < -0.3 is 10.4 Å². The zero-order valence-electron chi connectivity index (χ0n) is 12.8. The van der Waals surface area contributed by atoms with E-state index in [4.69, 9.17) is 11.6 Å². The minimum Gasteiger partial charge on any atom is -0.479 e. The topological polar surface area (TPSA) is 104 Å². The molecule has 0 saturated heterocycles. The van der Waals surface area contributed by atoms with Crippen molar-refractivity contribution in [1.82, 2.24) is 9.62 Å². The van der Waals surface area contributed by atoms with Crippen LogP contribution in [-0.2, 0) is 19.6 Å². The molecule has 1 aromatic rings. The van der Waals surface area contributed by atoms with Crippen molar-refractivity contribution in [2.24, 2.45) is 0 Å². The SMILES string of the molecule is CCN(CC)S(=O)(=O)CC(=O)NC(C(=O)O)c1ccc(Cl)cc1. The molecule has 7 nitrogen and oxygen atoms in total. The highest BCUT2D eigenvalue weighted by molar-refractivity contribution is 7.89. The molecule has 1 amide bonds. The van der Waals surface area contributed by atoms with Gasteiger partial charge in [0.1, 0.15) is 5.75 Å². The van der Waals surface area contributed by atoms with Crippen LogP contribution in [0.3, 0.4) is 0 Å². The van der Waals surface area contributed by atoms with Gasteiger partial charge in [0.2, 0.25) is 15.9 Å². The number of halogens is 1. The van der Waals surface area contributed by atoms with Crippen LogP contribution in [0.1, 0.15) is 25.5 Å². The highest BCUT2D eigenvalue weighted by Crippen LogP contribution is 2.17. The van der Waals surface area contributed by atoms with Gasteiger partial charge in [0.05, 0.1) is 0 Å². The summed E-state index contributed by atoms with van der Waals surface area (Å²) in [5.41, 5.74) is 0.301. The molecule has 0 heterocycles. The largest absolute Gasteiger partial charge is 0.479 e. The Kier molecular flexibility index (Phi) is 6.99. The van der Waals surface area contributed by atoms with Crippen LogP contribution >= 0.6 is 11.6 Å². The number of carboxylic acid groups (broad SMARTS) is 1. The summed E-state index contributed by atoms with van der Waals surface area (Å²) in [7, 11) is -3.77. The summed E-state index contributed by atoms with van der Waals surface area (Å²) in [5, 5.41) is 11.9. The molecule has 0 aromatic heterocycles. The van der Waals surface area contributed by atoms with Gasteiger partial charge in [-0.2, -0.15) is 0 Å². The fraction of sp³-hybridized carbons (Fsp3) is 0.429. The number of hydrogen-bond donors (Lipinski definition) is 2. The predicted octanol–water partition coefficient (Wildman–Crippen LogP) is 1.25. The van der Waals surface area contributed by atoms with Gasteiger partial charge in [-0.1, -0.05) is 37.6 Å². The molecule has 0 fully saturated rings. The lowest BCUT2D eigenvalue weighted by molar-refractivity contribution is -0.141. The number of amides is 1. The normalized spacial score (nSPS) is 12.9. The molecule has 0 aliphatic carbocycles. The van der Waals surface area contributed by atoms with E-state index < -0.39 is 33.7 Å². The van der Waals surface area contributed by atoms with Crippen molar-refractivity contribution >= 4 is 33.5 Å². The van der Waals surface area contributed by atoms with Crippen molar-refractivity contribution in [2.75, 3.05) is 18.8 Å². The molecule has 9 heteroatoms. The molecule has 1 aromatic carbocycles. The first kappa shape index (κ1) is 19.4. The molecule has 1 atom stereocenters. The number of sulfonamides is 1. The van der Waals surface area contributed by atoms with Crippen LogP contribution in [0.2, 0.25) is 5.02 Å². The van der Waals surface area contributed by atoms with Crippen molar-refractivity contribution < 1.29 is 23.1 Å². The first-order chi connectivity index (χ1) is 10.7. The van der Waals surface area contributed by atoms with Crippen molar-refractivity contribution in [3.8, 4) is 0 Å². The highest BCUT2D eigenvalue weighted by Gasteiger charge is 2.27. The molecule has 0 aliphatic rings. The summed E-state index contributed by atoms with van der Waals surface area (Å²) in [6, 6.07) is 4.56. The Morgan fingerprint density at radius 3 is 2.17 bits per heavy atom. The smallest absolute Gasteiger partial charge is 0.330 e. The molecule has 23 heavy (non-hydrogen) atoms. The standard InChI is InChI=1S/C14H19ClN2O5S/c1-3-17(4-2)23(21,22)9-12(18)16-13(14(19)20)10-5-7-11(15)8-6-10/h5-8,13H,3-4,9H2,1-2H3,(H,16,18)(H,19,20). The summed E-state index contributed by atoms with van der Waals surface area (Å²) < 4.78 is 25.2. The summed E-state index contributed by atoms with van der Waals surface area (Å²) in [6.07, 6.45) is 0. The van der Waals surface area contributed by atoms with Gasteiger partial charge in [0.15, 0.2) is 6.04 Å². The second kappa shape index (κ2) is 8.28. The number of aliphatic carboxylic acids is 1. The Hall–Kier alpha value is -1.64. The second-order valence-corrected chi connectivity index (χ2v) is 7.14. The Morgan fingerprint density at radius 2 is 1.74 bits per heavy atom. The lowest BCUT2D eigenvalue weighted by atomic mass is 10.1. The van der Waals surface area contributed by atoms with Gasteiger partial charge in [-0.25, -0.2) is 17.5 Å². The number of carbonyl (C=O) groups is 2. The first-order valence-electron chi connectivity index (χ1n) is 6.96. The maximum atomic E-state index is 12.0. The fourth-order valence-corrected chi connectivity index (χ4v) is 3.53. The van der Waals surface area contributed by atoms with E-state index in [1.54, 1.807) is 13.8 Å². The van der Waals surface area contributed by atoms with E-state index in [9.17, 15) is 23.1 Å². The minimum atomic E-state index is -3.77. The maximum absolute atomic E-state index is 12.0.